The highest BCUT2D eigenvalue weighted by molar-refractivity contribution is 7.99. The van der Waals surface area contributed by atoms with Gasteiger partial charge in [-0.25, -0.2) is 0 Å². The fourth-order valence-corrected chi connectivity index (χ4v) is 6.36. The van der Waals surface area contributed by atoms with Gasteiger partial charge in [-0.1, -0.05) is 25.1 Å². The molecule has 0 spiro atoms. The Bertz CT molecular complexity index is 757. The number of hydrogen-bond acceptors (Lipinski definition) is 6. The van der Waals surface area contributed by atoms with Crippen LogP contribution in [-0.4, -0.2) is 47.2 Å². The Labute approximate surface area is 194 Å². The molecule has 0 saturated carbocycles. The van der Waals surface area contributed by atoms with Gasteiger partial charge in [0.2, 0.25) is 8.32 Å². The molecule has 0 aromatic heterocycles. The second kappa shape index (κ2) is 10.7. The summed E-state index contributed by atoms with van der Waals surface area (Å²) in [5.74, 6) is 1.10. The summed E-state index contributed by atoms with van der Waals surface area (Å²) in [6, 6.07) is 10.2. The first-order valence-electron chi connectivity index (χ1n) is 10.8. The number of thioether (sulfide) groups is 1. The molecule has 0 N–H and O–H groups in total. The number of rotatable bonds is 11. The molecule has 1 saturated heterocycles. The van der Waals surface area contributed by atoms with Crippen molar-refractivity contribution < 1.29 is 23.1 Å². The van der Waals surface area contributed by atoms with Gasteiger partial charge in [-0.15, -0.1) is 11.8 Å². The third-order valence-corrected chi connectivity index (χ3v) is 7.90. The van der Waals surface area contributed by atoms with Crippen molar-refractivity contribution in [1.82, 2.24) is 0 Å². The lowest BCUT2D eigenvalue weighted by atomic mass is 9.86. The molecule has 0 amide bonds. The van der Waals surface area contributed by atoms with Gasteiger partial charge in [-0.05, 0) is 57.3 Å². The number of carbonyl (C=O) groups is 1. The average molecular weight is 483 g/mol. The van der Waals surface area contributed by atoms with Gasteiger partial charge in [0.25, 0.3) is 5.95 Å². The van der Waals surface area contributed by atoms with Gasteiger partial charge in [0, 0.05) is 23.5 Å². The zero-order chi connectivity index (χ0) is 23.3. The van der Waals surface area contributed by atoms with Crippen molar-refractivity contribution in [2.45, 2.75) is 75.8 Å². The monoisotopic (exact) mass is 482 g/mol. The molecule has 2 rings (SSSR count). The molecule has 174 valence electrons. The lowest BCUT2D eigenvalue weighted by molar-refractivity contribution is -0.138. The molecule has 0 radical (unpaired) electrons. The second-order valence-electron chi connectivity index (χ2n) is 10.1. The molecule has 0 bridgehead atoms. The molecule has 1 fully saturated rings. The van der Waals surface area contributed by atoms with Crippen LogP contribution in [-0.2, 0) is 23.1 Å². The molecule has 1 aliphatic rings. The first-order chi connectivity index (χ1) is 14.3. The summed E-state index contributed by atoms with van der Waals surface area (Å²) in [5.41, 5.74) is -0.601. The number of ether oxygens (including phenoxy) is 2. The Morgan fingerprint density at radius 2 is 1.81 bits per heavy atom. The number of benzene rings is 1. The topological polar surface area (TPSA) is 54.0 Å². The van der Waals surface area contributed by atoms with Crippen LogP contribution in [0.1, 0.15) is 19.8 Å². The van der Waals surface area contributed by atoms with Gasteiger partial charge in [0.1, 0.15) is 6.29 Å². The molecule has 31 heavy (non-hydrogen) atoms. The third-order valence-electron chi connectivity index (χ3n) is 4.88. The maximum atomic E-state index is 13.1. The molecule has 1 aromatic carbocycles. The first kappa shape index (κ1) is 26.2. The van der Waals surface area contributed by atoms with Crippen LogP contribution in [0.15, 0.2) is 47.2 Å². The predicted octanol–water partition coefficient (Wildman–Crippen LogP) is 6.05. The van der Waals surface area contributed by atoms with Gasteiger partial charge < -0.3 is 18.3 Å². The minimum atomic E-state index is -1.88. The largest absolute Gasteiger partial charge is 0.520 e. The van der Waals surface area contributed by atoms with E-state index in [-0.39, 0.29) is 30.4 Å². The van der Waals surface area contributed by atoms with E-state index in [4.69, 9.17) is 18.3 Å². The van der Waals surface area contributed by atoms with Crippen molar-refractivity contribution in [1.29, 1.82) is 0 Å². The molecule has 8 heteroatoms. The molecular formula is C23H38O5SSi2. The second-order valence-corrected chi connectivity index (χ2v) is 20.0. The first-order valence-corrected chi connectivity index (χ1v) is 18.6. The smallest absolute Gasteiger partial charge is 0.268 e. The van der Waals surface area contributed by atoms with Crippen molar-refractivity contribution in [3.63, 3.8) is 0 Å². The Hall–Kier alpha value is -1.07. The summed E-state index contributed by atoms with van der Waals surface area (Å²) in [4.78, 5) is 14.2. The van der Waals surface area contributed by atoms with Crippen molar-refractivity contribution in [3.8, 4) is 0 Å². The van der Waals surface area contributed by atoms with Crippen LogP contribution in [0, 0.1) is 5.92 Å². The summed E-state index contributed by atoms with van der Waals surface area (Å²) in [5, 5.41) is 0. The molecule has 1 heterocycles. The molecule has 0 aliphatic carbocycles. The standard InChI is InChI=1S/C23H38O5SSi2/c1-18-14-22(28-31(6,7)8)26-23(18,17-29-20-12-10-9-11-13-20)16-19(24)15-21(25-2)27-30(3,4)5/h9-13,15,18,22H,14,16-17H2,1-8H3/b21-15-/t18-,22?,23-/m0/s1. The summed E-state index contributed by atoms with van der Waals surface area (Å²) < 4.78 is 24.0. The van der Waals surface area contributed by atoms with E-state index in [2.05, 4.69) is 58.3 Å². The van der Waals surface area contributed by atoms with Crippen LogP contribution in [0.3, 0.4) is 0 Å². The number of hydrogen-bond donors (Lipinski definition) is 0. The molecular weight excluding hydrogens is 444 g/mol. The van der Waals surface area contributed by atoms with E-state index >= 15 is 0 Å². The average Bonchev–Trinajstić information content (AvgIpc) is 2.92. The van der Waals surface area contributed by atoms with E-state index in [0.717, 1.165) is 11.3 Å². The van der Waals surface area contributed by atoms with Crippen LogP contribution in [0.4, 0.5) is 0 Å². The van der Waals surface area contributed by atoms with Crippen LogP contribution < -0.4 is 0 Å². The Morgan fingerprint density at radius 1 is 1.16 bits per heavy atom. The van der Waals surface area contributed by atoms with Crippen LogP contribution >= 0.6 is 11.8 Å². The quantitative estimate of drug-likeness (QED) is 0.166. The summed E-state index contributed by atoms with van der Waals surface area (Å²) in [6.07, 6.45) is 2.27. The van der Waals surface area contributed by atoms with Crippen LogP contribution in [0.2, 0.25) is 39.3 Å². The molecule has 1 aromatic rings. The zero-order valence-electron chi connectivity index (χ0n) is 20.2. The SMILES string of the molecule is CO/C(=C/C(=O)C[C@@]1(CSc2ccccc2)OC(O[Si](C)(C)C)C[C@@H]1C)O[Si](C)(C)C. The lowest BCUT2D eigenvalue weighted by Crippen LogP contribution is -2.41. The van der Waals surface area contributed by atoms with Gasteiger partial charge in [-0.2, -0.15) is 0 Å². The summed E-state index contributed by atoms with van der Waals surface area (Å²) >= 11 is 1.72. The highest BCUT2D eigenvalue weighted by atomic mass is 32.2. The Kier molecular flexibility index (Phi) is 9.04. The number of allylic oxidation sites excluding steroid dienone is 1. The third kappa shape index (κ3) is 8.77. The molecule has 3 atom stereocenters. The Balaban J connectivity index is 2.22. The fraction of sp³-hybridized carbons (Fsp3) is 0.609. The van der Waals surface area contributed by atoms with Crippen molar-refractivity contribution >= 4 is 34.2 Å². The zero-order valence-corrected chi connectivity index (χ0v) is 23.0. The lowest BCUT2D eigenvalue weighted by Gasteiger charge is -2.33. The number of carbonyl (C=O) groups excluding carboxylic acids is 1. The fourth-order valence-electron chi connectivity index (χ4n) is 3.47. The predicted molar refractivity (Wildman–Crippen MR) is 132 cm³/mol. The van der Waals surface area contributed by atoms with Gasteiger partial charge >= 0.3 is 0 Å². The van der Waals surface area contributed by atoms with Gasteiger partial charge in [0.15, 0.2) is 14.1 Å². The van der Waals surface area contributed by atoms with Crippen molar-refractivity contribution in [2.24, 2.45) is 5.92 Å². The van der Waals surface area contributed by atoms with E-state index < -0.39 is 22.2 Å². The van der Waals surface area contributed by atoms with E-state index in [1.807, 2.05) is 18.2 Å². The normalized spacial score (nSPS) is 24.8. The number of ketones is 1. The minimum absolute atomic E-state index is 0.0516. The molecule has 5 nitrogen and oxygen atoms in total. The summed E-state index contributed by atoms with van der Waals surface area (Å²) in [6.45, 7) is 14.8. The van der Waals surface area contributed by atoms with E-state index in [9.17, 15) is 4.79 Å². The van der Waals surface area contributed by atoms with Crippen LogP contribution in [0.25, 0.3) is 0 Å². The summed E-state index contributed by atoms with van der Waals surface area (Å²) in [7, 11) is -2.11. The van der Waals surface area contributed by atoms with Gasteiger partial charge in [-0.3, -0.25) is 4.79 Å². The minimum Gasteiger partial charge on any atom is -0.520 e. The maximum absolute atomic E-state index is 13.1. The molecule has 1 aliphatic heterocycles. The maximum Gasteiger partial charge on any atom is 0.268 e. The van der Waals surface area contributed by atoms with Crippen molar-refractivity contribution in [2.75, 3.05) is 12.9 Å². The highest BCUT2D eigenvalue weighted by Crippen LogP contribution is 2.43. The highest BCUT2D eigenvalue weighted by Gasteiger charge is 2.48. The van der Waals surface area contributed by atoms with Gasteiger partial charge in [0.05, 0.1) is 18.8 Å². The number of methoxy groups -OCH3 is 1. The van der Waals surface area contributed by atoms with E-state index in [1.165, 1.54) is 13.2 Å². The van der Waals surface area contributed by atoms with Crippen LogP contribution in [0.5, 0.6) is 0 Å². The molecule has 1 unspecified atom stereocenters. The van der Waals surface area contributed by atoms with E-state index in [0.29, 0.717) is 5.75 Å². The Morgan fingerprint density at radius 3 is 2.35 bits per heavy atom. The van der Waals surface area contributed by atoms with E-state index in [1.54, 1.807) is 11.8 Å². The van der Waals surface area contributed by atoms with Crippen molar-refractivity contribution in [3.05, 3.63) is 42.4 Å².